The second kappa shape index (κ2) is 7.87. The molecule has 2 N–H and O–H groups in total. The first-order valence-electron chi connectivity index (χ1n) is 11.8. The average Bonchev–Trinajstić information content (AvgIpc) is 3.62. The quantitative estimate of drug-likeness (QED) is 0.705. The summed E-state index contributed by atoms with van der Waals surface area (Å²) in [5.41, 5.74) is 6.71. The fourth-order valence-electron chi connectivity index (χ4n) is 5.65. The summed E-state index contributed by atoms with van der Waals surface area (Å²) in [6, 6.07) is 2.33. The molecule has 7 nitrogen and oxygen atoms in total. The van der Waals surface area contributed by atoms with Gasteiger partial charge in [-0.15, -0.1) is 13.2 Å². The predicted molar refractivity (Wildman–Crippen MR) is 114 cm³/mol. The number of nitrogens with two attached hydrogens (primary N) is 1. The van der Waals surface area contributed by atoms with Crippen molar-refractivity contribution in [3.63, 3.8) is 0 Å². The number of piperidine rings is 1. The van der Waals surface area contributed by atoms with Gasteiger partial charge >= 0.3 is 6.36 Å². The molecule has 0 radical (unpaired) electrons. The van der Waals surface area contributed by atoms with Crippen LogP contribution in [0.25, 0.3) is 11.3 Å². The van der Waals surface area contributed by atoms with Gasteiger partial charge in [-0.25, -0.2) is 9.97 Å². The average molecular weight is 464 g/mol. The number of halogens is 3. The van der Waals surface area contributed by atoms with Crippen molar-refractivity contribution in [2.45, 2.75) is 50.6 Å². The first-order chi connectivity index (χ1) is 15.9. The summed E-state index contributed by atoms with van der Waals surface area (Å²) in [6.07, 6.45) is 4.18. The number of anilines is 1. The second-order valence-electron chi connectivity index (χ2n) is 9.87. The highest BCUT2D eigenvalue weighted by Crippen LogP contribution is 2.57. The third-order valence-corrected chi connectivity index (χ3v) is 7.59. The third kappa shape index (κ3) is 4.30. The summed E-state index contributed by atoms with van der Waals surface area (Å²) in [5, 5.41) is 0. The molecular weight excluding hydrogens is 435 g/mol. The molecule has 2 saturated heterocycles. The Morgan fingerprint density at radius 2 is 1.85 bits per heavy atom. The minimum atomic E-state index is -4.83. The van der Waals surface area contributed by atoms with Crippen molar-refractivity contribution in [3.05, 3.63) is 24.3 Å². The molecule has 2 aliphatic carbocycles. The van der Waals surface area contributed by atoms with Gasteiger partial charge in [-0.1, -0.05) is 0 Å². The lowest BCUT2D eigenvalue weighted by molar-refractivity contribution is -0.274. The van der Waals surface area contributed by atoms with Crippen LogP contribution in [0.4, 0.5) is 19.0 Å². The Kier molecular flexibility index (Phi) is 5.06. The molecule has 4 heterocycles. The lowest BCUT2D eigenvalue weighted by atomic mass is 10.1. The molecule has 0 amide bonds. The fourth-order valence-corrected chi connectivity index (χ4v) is 5.65. The van der Waals surface area contributed by atoms with Gasteiger partial charge in [0.15, 0.2) is 11.6 Å². The molecule has 0 aromatic carbocycles. The molecule has 2 aromatic rings. The standard InChI is InChI=1S/C23H28F3N5O2/c24-23(25,26)33-19-8-14(9-28-22(19)27)18-12-31(20(29-18)7-13-1-2-13)21-16-10-30(11-17(16)21)15-3-5-32-6-4-15/h8-9,12-13,15-17,21H,1-7,10-11H2,(H2,27,28)/t16-,17+,21-. The monoisotopic (exact) mass is 463 g/mol. The van der Waals surface area contributed by atoms with Gasteiger partial charge < -0.3 is 19.8 Å². The van der Waals surface area contributed by atoms with Crippen molar-refractivity contribution in [1.29, 1.82) is 0 Å². The smallest absolute Gasteiger partial charge is 0.402 e. The highest BCUT2D eigenvalue weighted by atomic mass is 19.4. The maximum absolute atomic E-state index is 12.7. The van der Waals surface area contributed by atoms with Crippen LogP contribution in [-0.4, -0.2) is 58.1 Å². The predicted octanol–water partition coefficient (Wildman–Crippen LogP) is 3.66. The first kappa shape index (κ1) is 21.2. The zero-order valence-corrected chi connectivity index (χ0v) is 18.3. The Balaban J connectivity index is 1.23. The zero-order valence-electron chi connectivity index (χ0n) is 18.3. The van der Waals surface area contributed by atoms with Gasteiger partial charge in [0.1, 0.15) is 5.82 Å². The van der Waals surface area contributed by atoms with Crippen LogP contribution in [0, 0.1) is 17.8 Å². The van der Waals surface area contributed by atoms with E-state index < -0.39 is 12.1 Å². The molecule has 10 heteroatoms. The molecule has 0 unspecified atom stereocenters. The summed E-state index contributed by atoms with van der Waals surface area (Å²) in [5.74, 6) is 2.12. The van der Waals surface area contributed by atoms with Crippen molar-refractivity contribution in [3.8, 4) is 17.0 Å². The van der Waals surface area contributed by atoms with Gasteiger partial charge in [0.25, 0.3) is 0 Å². The van der Waals surface area contributed by atoms with Gasteiger partial charge in [0.2, 0.25) is 0 Å². The number of ether oxygens (including phenoxy) is 2. The van der Waals surface area contributed by atoms with E-state index in [1.807, 2.05) is 6.20 Å². The number of likely N-dealkylation sites (tertiary alicyclic amines) is 1. The summed E-state index contributed by atoms with van der Waals surface area (Å²) < 4.78 is 50.1. The summed E-state index contributed by atoms with van der Waals surface area (Å²) in [7, 11) is 0. The summed E-state index contributed by atoms with van der Waals surface area (Å²) in [6.45, 7) is 3.91. The maximum Gasteiger partial charge on any atom is 0.573 e. The van der Waals surface area contributed by atoms with E-state index in [4.69, 9.17) is 15.5 Å². The van der Waals surface area contributed by atoms with Gasteiger partial charge in [-0.05, 0) is 49.5 Å². The van der Waals surface area contributed by atoms with E-state index in [9.17, 15) is 13.2 Å². The van der Waals surface area contributed by atoms with Crippen molar-refractivity contribution >= 4 is 5.82 Å². The molecule has 3 atom stereocenters. The number of aromatic nitrogens is 3. The number of hydrogen-bond acceptors (Lipinski definition) is 6. The van der Waals surface area contributed by atoms with Crippen molar-refractivity contribution < 1.29 is 22.6 Å². The van der Waals surface area contributed by atoms with E-state index in [-0.39, 0.29) is 5.82 Å². The Morgan fingerprint density at radius 3 is 2.52 bits per heavy atom. The van der Waals surface area contributed by atoms with Crippen LogP contribution in [-0.2, 0) is 11.2 Å². The van der Waals surface area contributed by atoms with E-state index in [1.165, 1.54) is 25.1 Å². The van der Waals surface area contributed by atoms with E-state index in [0.717, 1.165) is 51.4 Å². The van der Waals surface area contributed by atoms with Crippen LogP contribution >= 0.6 is 0 Å². The first-order valence-corrected chi connectivity index (χ1v) is 11.8. The van der Waals surface area contributed by atoms with Gasteiger partial charge in [-0.2, -0.15) is 0 Å². The fraction of sp³-hybridized carbons (Fsp3) is 0.652. The lowest BCUT2D eigenvalue weighted by Crippen LogP contribution is -2.39. The van der Waals surface area contributed by atoms with Crippen LogP contribution in [0.5, 0.6) is 5.75 Å². The molecule has 2 saturated carbocycles. The highest BCUT2D eigenvalue weighted by Gasteiger charge is 2.58. The molecule has 0 bridgehead atoms. The highest BCUT2D eigenvalue weighted by molar-refractivity contribution is 5.64. The molecule has 2 aliphatic heterocycles. The number of pyridine rings is 1. The minimum Gasteiger partial charge on any atom is -0.402 e. The number of nitrogen functional groups attached to an aromatic ring is 1. The largest absolute Gasteiger partial charge is 0.573 e. The summed E-state index contributed by atoms with van der Waals surface area (Å²) in [4.78, 5) is 11.4. The van der Waals surface area contributed by atoms with Crippen LogP contribution in [0.3, 0.4) is 0 Å². The molecule has 2 aromatic heterocycles. The number of hydrogen-bond donors (Lipinski definition) is 1. The van der Waals surface area contributed by atoms with Gasteiger partial charge in [-0.3, -0.25) is 4.90 Å². The number of imidazole rings is 1. The number of rotatable bonds is 6. The maximum atomic E-state index is 12.7. The van der Waals surface area contributed by atoms with Crippen molar-refractivity contribution in [2.24, 2.45) is 17.8 Å². The molecule has 4 fully saturated rings. The van der Waals surface area contributed by atoms with Crippen LogP contribution < -0.4 is 10.5 Å². The SMILES string of the molecule is Nc1ncc(-c2cn([C@@H]3[C@@H]4CN(C5CCOCC5)C[C@@H]43)c(CC3CC3)n2)cc1OC(F)(F)F. The Bertz CT molecular complexity index is 1020. The van der Waals surface area contributed by atoms with Crippen LogP contribution in [0.15, 0.2) is 18.5 Å². The van der Waals surface area contributed by atoms with E-state index in [2.05, 4.69) is 19.2 Å². The van der Waals surface area contributed by atoms with Crippen molar-refractivity contribution in [1.82, 2.24) is 19.4 Å². The van der Waals surface area contributed by atoms with E-state index in [1.54, 1.807) is 0 Å². The van der Waals surface area contributed by atoms with Crippen LogP contribution in [0.2, 0.25) is 0 Å². The molecule has 178 valence electrons. The third-order valence-electron chi connectivity index (χ3n) is 7.59. The Hall–Kier alpha value is -2.33. The molecule has 4 aliphatic rings. The minimum absolute atomic E-state index is 0.293. The summed E-state index contributed by atoms with van der Waals surface area (Å²) >= 11 is 0. The molecule has 6 rings (SSSR count). The van der Waals surface area contributed by atoms with E-state index in [0.29, 0.717) is 41.1 Å². The molecule has 0 spiro atoms. The second-order valence-corrected chi connectivity index (χ2v) is 9.87. The Labute approximate surface area is 190 Å². The van der Waals surface area contributed by atoms with Gasteiger partial charge in [0, 0.05) is 62.8 Å². The number of alkyl halides is 3. The number of nitrogens with zero attached hydrogens (tertiary/aromatic N) is 4. The Morgan fingerprint density at radius 1 is 1.12 bits per heavy atom. The molecular formula is C23H28F3N5O2. The lowest BCUT2D eigenvalue weighted by Gasteiger charge is -2.32. The normalized spacial score (nSPS) is 28.2. The van der Waals surface area contributed by atoms with E-state index >= 15 is 0 Å². The number of fused-ring (bicyclic) bond motifs is 1. The van der Waals surface area contributed by atoms with Gasteiger partial charge in [0.05, 0.1) is 5.69 Å². The topological polar surface area (TPSA) is 78.4 Å². The van der Waals surface area contributed by atoms with Crippen molar-refractivity contribution in [2.75, 3.05) is 32.0 Å². The molecule has 33 heavy (non-hydrogen) atoms. The van der Waals surface area contributed by atoms with Crippen LogP contribution in [0.1, 0.15) is 37.5 Å². The zero-order chi connectivity index (χ0) is 22.7.